The summed E-state index contributed by atoms with van der Waals surface area (Å²) in [5.41, 5.74) is 0.879. The number of fused-ring (bicyclic) bond motifs is 1. The molecule has 0 aliphatic carbocycles. The van der Waals surface area contributed by atoms with Gasteiger partial charge in [-0.05, 0) is 11.1 Å². The molecule has 0 saturated heterocycles. The second kappa shape index (κ2) is 7.28. The van der Waals surface area contributed by atoms with E-state index in [0.29, 0.717) is 0 Å². The average Bonchev–Trinajstić information content (AvgIpc) is 3.16. The van der Waals surface area contributed by atoms with Gasteiger partial charge in [0.1, 0.15) is 6.33 Å². The first-order valence-corrected chi connectivity index (χ1v) is 8.53. The predicted molar refractivity (Wildman–Crippen MR) is 108 cm³/mol. The molecular weight excluding hydrogens is 356 g/mol. The Morgan fingerprint density at radius 3 is 2.04 bits per heavy atom. The number of rotatable bonds is 4. The molecule has 0 aliphatic heterocycles. The Kier molecular flexibility index (Phi) is 4.51. The highest BCUT2D eigenvalue weighted by molar-refractivity contribution is 5.81. The summed E-state index contributed by atoms with van der Waals surface area (Å²) < 4.78 is 3.43. The lowest BCUT2D eigenvalue weighted by molar-refractivity contribution is 0.692. The zero-order valence-electron chi connectivity index (χ0n) is 15.0. The summed E-state index contributed by atoms with van der Waals surface area (Å²) in [7, 11) is 1.54. The van der Waals surface area contributed by atoms with Gasteiger partial charge in [0.05, 0.1) is 12.4 Å². The van der Waals surface area contributed by atoms with Crippen LogP contribution in [-0.2, 0) is 7.05 Å². The van der Waals surface area contributed by atoms with Crippen LogP contribution in [0.1, 0.15) is 11.1 Å². The minimum Gasteiger partial charge on any atom is -0.278 e. The molecule has 0 atom stereocenters. The summed E-state index contributed by atoms with van der Waals surface area (Å²) in [4.78, 5) is 29.6. The lowest BCUT2D eigenvalue weighted by Crippen LogP contribution is -2.37. The minimum atomic E-state index is -0.590. The molecule has 2 heterocycles. The monoisotopic (exact) mass is 372 g/mol. The fourth-order valence-electron chi connectivity index (χ4n) is 2.71. The molecule has 4 rings (SSSR count). The first kappa shape index (κ1) is 17.3. The van der Waals surface area contributed by atoms with Gasteiger partial charge in [-0.2, -0.15) is 10.2 Å². The summed E-state index contributed by atoms with van der Waals surface area (Å²) >= 11 is 0. The van der Waals surface area contributed by atoms with Crippen LogP contribution < -0.4 is 11.2 Å². The molecular formula is C20H16N6O2. The van der Waals surface area contributed by atoms with Gasteiger partial charge in [-0.3, -0.25) is 9.36 Å². The van der Waals surface area contributed by atoms with Crippen molar-refractivity contribution in [2.24, 2.45) is 17.3 Å². The van der Waals surface area contributed by atoms with E-state index in [1.807, 2.05) is 60.7 Å². The van der Waals surface area contributed by atoms with Gasteiger partial charge in [-0.15, -0.1) is 4.68 Å². The van der Waals surface area contributed by atoms with Crippen molar-refractivity contribution >= 4 is 23.6 Å². The van der Waals surface area contributed by atoms with Crippen molar-refractivity contribution in [3.05, 3.63) is 99.0 Å². The molecule has 4 aromatic rings. The zero-order valence-corrected chi connectivity index (χ0v) is 15.0. The van der Waals surface area contributed by atoms with E-state index in [2.05, 4.69) is 15.2 Å². The summed E-state index contributed by atoms with van der Waals surface area (Å²) in [6.45, 7) is 0. The second-order valence-electron chi connectivity index (χ2n) is 6.03. The normalized spacial score (nSPS) is 11.8. The van der Waals surface area contributed by atoms with Crippen molar-refractivity contribution in [1.82, 2.24) is 18.9 Å². The van der Waals surface area contributed by atoms with Crippen LogP contribution in [0.15, 0.2) is 86.8 Å². The van der Waals surface area contributed by atoms with Crippen LogP contribution in [0.25, 0.3) is 11.2 Å². The molecule has 138 valence electrons. The zero-order chi connectivity index (χ0) is 19.5. The van der Waals surface area contributed by atoms with Crippen LogP contribution in [0, 0.1) is 0 Å². The van der Waals surface area contributed by atoms with Crippen molar-refractivity contribution in [2.45, 2.75) is 0 Å². The van der Waals surface area contributed by atoms with Crippen LogP contribution in [0.5, 0.6) is 0 Å². The van der Waals surface area contributed by atoms with E-state index in [1.54, 1.807) is 6.21 Å². The Labute approximate surface area is 159 Å². The van der Waals surface area contributed by atoms with Crippen LogP contribution in [-0.4, -0.2) is 31.3 Å². The molecule has 8 heteroatoms. The molecule has 28 heavy (non-hydrogen) atoms. The van der Waals surface area contributed by atoms with E-state index >= 15 is 0 Å². The van der Waals surface area contributed by atoms with Crippen LogP contribution in [0.2, 0.25) is 0 Å². The maximum absolute atomic E-state index is 12.9. The molecule has 2 aromatic carbocycles. The molecule has 0 unspecified atom stereocenters. The van der Waals surface area contributed by atoms with Crippen LogP contribution in [0.3, 0.4) is 0 Å². The highest BCUT2D eigenvalue weighted by Gasteiger charge is 2.15. The number of hydrogen-bond acceptors (Lipinski definition) is 5. The molecule has 0 fully saturated rings. The summed E-state index contributed by atoms with van der Waals surface area (Å²) in [5, 5.41) is 8.38. The maximum Gasteiger partial charge on any atom is 0.353 e. The minimum absolute atomic E-state index is 0.166. The lowest BCUT2D eigenvalue weighted by Gasteiger charge is -2.03. The number of imidazole rings is 1. The van der Waals surface area contributed by atoms with Crippen molar-refractivity contribution in [3.63, 3.8) is 0 Å². The van der Waals surface area contributed by atoms with E-state index in [9.17, 15) is 9.59 Å². The standard InChI is InChI=1S/C20H16N6O2/c1-24-18-17(25(14-21-18)22-12-15-8-4-2-5-9-15)19(27)26(20(24)28)23-13-16-10-6-3-7-11-16/h2-14H,1H3. The number of benzene rings is 2. The smallest absolute Gasteiger partial charge is 0.278 e. The molecule has 0 radical (unpaired) electrons. The summed E-state index contributed by atoms with van der Waals surface area (Å²) in [6.07, 6.45) is 4.47. The Hall–Kier alpha value is -4.07. The Morgan fingerprint density at radius 1 is 0.857 bits per heavy atom. The van der Waals surface area contributed by atoms with E-state index < -0.39 is 11.2 Å². The first-order chi connectivity index (χ1) is 13.6. The highest BCUT2D eigenvalue weighted by Crippen LogP contribution is 2.06. The Balaban J connectivity index is 1.84. The fraction of sp³-hybridized carbons (Fsp3) is 0.0500. The molecule has 0 bridgehead atoms. The van der Waals surface area contributed by atoms with Gasteiger partial charge in [-0.25, -0.2) is 14.5 Å². The van der Waals surface area contributed by atoms with E-state index in [0.717, 1.165) is 15.8 Å². The third-order valence-corrected chi connectivity index (χ3v) is 4.16. The number of nitrogens with zero attached hydrogens (tertiary/aromatic N) is 6. The Morgan fingerprint density at radius 2 is 1.43 bits per heavy atom. The third-order valence-electron chi connectivity index (χ3n) is 4.16. The van der Waals surface area contributed by atoms with Gasteiger partial charge in [0.2, 0.25) is 0 Å². The highest BCUT2D eigenvalue weighted by atomic mass is 16.2. The van der Waals surface area contributed by atoms with Crippen molar-refractivity contribution in [1.29, 1.82) is 0 Å². The number of aromatic nitrogens is 4. The maximum atomic E-state index is 12.9. The van der Waals surface area contributed by atoms with E-state index in [-0.39, 0.29) is 11.2 Å². The fourth-order valence-corrected chi connectivity index (χ4v) is 2.71. The number of hydrogen-bond donors (Lipinski definition) is 0. The first-order valence-electron chi connectivity index (χ1n) is 8.53. The van der Waals surface area contributed by atoms with Gasteiger partial charge in [-0.1, -0.05) is 60.7 Å². The van der Waals surface area contributed by atoms with Crippen molar-refractivity contribution in [2.75, 3.05) is 0 Å². The molecule has 0 saturated carbocycles. The largest absolute Gasteiger partial charge is 0.353 e. The molecule has 2 aromatic heterocycles. The molecule has 0 aliphatic rings. The van der Waals surface area contributed by atoms with Gasteiger partial charge in [0.25, 0.3) is 0 Å². The molecule has 0 spiro atoms. The molecule has 8 nitrogen and oxygen atoms in total. The third kappa shape index (κ3) is 3.18. The summed E-state index contributed by atoms with van der Waals surface area (Å²) in [6, 6.07) is 18.7. The van der Waals surface area contributed by atoms with E-state index in [1.165, 1.54) is 28.8 Å². The van der Waals surface area contributed by atoms with E-state index in [4.69, 9.17) is 0 Å². The van der Waals surface area contributed by atoms with Gasteiger partial charge >= 0.3 is 11.2 Å². The Bertz CT molecular complexity index is 1300. The molecule has 0 N–H and O–H groups in total. The van der Waals surface area contributed by atoms with Crippen molar-refractivity contribution in [3.8, 4) is 0 Å². The number of aryl methyl sites for hydroxylation is 1. The van der Waals surface area contributed by atoms with Gasteiger partial charge in [0.15, 0.2) is 11.2 Å². The van der Waals surface area contributed by atoms with Crippen LogP contribution in [0.4, 0.5) is 0 Å². The van der Waals surface area contributed by atoms with Crippen molar-refractivity contribution < 1.29 is 0 Å². The quantitative estimate of drug-likeness (QED) is 0.511. The lowest BCUT2D eigenvalue weighted by atomic mass is 10.2. The van der Waals surface area contributed by atoms with Gasteiger partial charge in [0, 0.05) is 7.05 Å². The predicted octanol–water partition coefficient (Wildman–Crippen LogP) is 1.66. The summed E-state index contributed by atoms with van der Waals surface area (Å²) in [5.74, 6) is 0. The molecule has 0 amide bonds. The average molecular weight is 372 g/mol. The van der Waals surface area contributed by atoms with Gasteiger partial charge < -0.3 is 0 Å². The van der Waals surface area contributed by atoms with Crippen LogP contribution >= 0.6 is 0 Å². The SMILES string of the molecule is Cn1c(=O)n(N=Cc2ccccc2)c(=O)c2c1ncn2N=Cc1ccccc1. The topological polar surface area (TPSA) is 86.5 Å². The second-order valence-corrected chi connectivity index (χ2v) is 6.03.